The molecule has 0 aliphatic heterocycles. The number of esters is 1. The Morgan fingerprint density at radius 2 is 2.10 bits per heavy atom. The lowest BCUT2D eigenvalue weighted by atomic mass is 10.2. The molecule has 3 N–H and O–H groups in total. The number of hydrogen-bond acceptors (Lipinski definition) is 5. The van der Waals surface area contributed by atoms with Crippen molar-refractivity contribution in [1.82, 2.24) is 5.32 Å². The van der Waals surface area contributed by atoms with E-state index in [1.807, 2.05) is 0 Å². The van der Waals surface area contributed by atoms with Gasteiger partial charge in [-0.2, -0.15) is 0 Å². The molecule has 1 aromatic carbocycles. The normalized spacial score (nSPS) is 13.7. The second-order valence-electron chi connectivity index (χ2n) is 4.72. The van der Waals surface area contributed by atoms with E-state index >= 15 is 0 Å². The number of carbonyl (C=O) groups is 2. The summed E-state index contributed by atoms with van der Waals surface area (Å²) in [6, 6.07) is 4.98. The number of nitrogen functional groups attached to an aromatic ring is 1. The second-order valence-corrected chi connectivity index (χ2v) is 4.72. The van der Waals surface area contributed by atoms with E-state index in [-0.39, 0.29) is 18.9 Å². The van der Waals surface area contributed by atoms with Crippen LogP contribution in [0.15, 0.2) is 18.2 Å². The lowest BCUT2D eigenvalue weighted by Crippen LogP contribution is -2.26. The minimum absolute atomic E-state index is 0.0501. The third kappa shape index (κ3) is 4.15. The maximum absolute atomic E-state index is 11.8. The van der Waals surface area contributed by atoms with Crippen molar-refractivity contribution in [3.8, 4) is 5.75 Å². The lowest BCUT2D eigenvalue weighted by Gasteiger charge is -2.08. The largest absolute Gasteiger partial charge is 0.497 e. The predicted octanol–water partition coefficient (Wildman–Crippen LogP) is 1.10. The number of amides is 1. The molecule has 1 aromatic rings. The van der Waals surface area contributed by atoms with Gasteiger partial charge < -0.3 is 20.5 Å². The molecule has 1 aliphatic rings. The zero-order chi connectivity index (χ0) is 14.5. The number of rotatable bonds is 6. The van der Waals surface area contributed by atoms with Crippen molar-refractivity contribution in [3.05, 3.63) is 23.8 Å². The Hall–Kier alpha value is -2.24. The van der Waals surface area contributed by atoms with E-state index in [0.29, 0.717) is 23.0 Å². The number of nitrogens with two attached hydrogens (primary N) is 1. The van der Waals surface area contributed by atoms with Crippen LogP contribution in [0.25, 0.3) is 0 Å². The van der Waals surface area contributed by atoms with Crippen LogP contribution in [-0.2, 0) is 9.53 Å². The third-order valence-electron chi connectivity index (χ3n) is 2.91. The van der Waals surface area contributed by atoms with Gasteiger partial charge >= 0.3 is 5.97 Å². The van der Waals surface area contributed by atoms with Crippen LogP contribution < -0.4 is 15.8 Å². The van der Waals surface area contributed by atoms with Crippen LogP contribution in [0.4, 0.5) is 5.69 Å². The number of benzene rings is 1. The van der Waals surface area contributed by atoms with Crippen molar-refractivity contribution in [1.29, 1.82) is 0 Å². The van der Waals surface area contributed by atoms with Gasteiger partial charge in [-0.3, -0.25) is 4.79 Å². The zero-order valence-electron chi connectivity index (χ0n) is 11.3. The van der Waals surface area contributed by atoms with E-state index in [0.717, 1.165) is 12.8 Å². The fourth-order valence-corrected chi connectivity index (χ4v) is 1.71. The summed E-state index contributed by atoms with van der Waals surface area (Å²) < 4.78 is 10.1. The number of methoxy groups -OCH3 is 1. The summed E-state index contributed by atoms with van der Waals surface area (Å²) in [6.07, 6.45) is 2.24. The van der Waals surface area contributed by atoms with Gasteiger partial charge in [-0.1, -0.05) is 0 Å². The number of nitrogens with one attached hydrogen (secondary N) is 1. The molecule has 1 saturated carbocycles. The van der Waals surface area contributed by atoms with Gasteiger partial charge in [0.15, 0.2) is 0 Å². The molecule has 20 heavy (non-hydrogen) atoms. The Bertz CT molecular complexity index is 512. The van der Waals surface area contributed by atoms with Gasteiger partial charge in [0.2, 0.25) is 5.91 Å². The average Bonchev–Trinajstić information content (AvgIpc) is 3.21. The average molecular weight is 278 g/mol. The Morgan fingerprint density at radius 3 is 2.75 bits per heavy atom. The van der Waals surface area contributed by atoms with Gasteiger partial charge in [-0.25, -0.2) is 4.79 Å². The highest BCUT2D eigenvalue weighted by Gasteiger charge is 2.23. The Morgan fingerprint density at radius 1 is 1.35 bits per heavy atom. The number of carbonyl (C=O) groups excluding carboxylic acids is 2. The van der Waals surface area contributed by atoms with Crippen LogP contribution >= 0.6 is 0 Å². The summed E-state index contributed by atoms with van der Waals surface area (Å²) in [7, 11) is 1.49. The highest BCUT2D eigenvalue weighted by molar-refractivity contribution is 5.91. The van der Waals surface area contributed by atoms with Crippen LogP contribution in [0.1, 0.15) is 29.6 Å². The fourth-order valence-electron chi connectivity index (χ4n) is 1.71. The fraction of sp³-hybridized carbons (Fsp3) is 0.429. The Labute approximate surface area is 117 Å². The highest BCUT2D eigenvalue weighted by Crippen LogP contribution is 2.20. The van der Waals surface area contributed by atoms with Crippen molar-refractivity contribution in [2.24, 2.45) is 0 Å². The molecule has 2 rings (SSSR count). The number of hydrogen-bond donors (Lipinski definition) is 2. The molecular weight excluding hydrogens is 260 g/mol. The van der Waals surface area contributed by atoms with Crippen LogP contribution in [0.5, 0.6) is 5.75 Å². The lowest BCUT2D eigenvalue weighted by molar-refractivity contribution is -0.121. The predicted molar refractivity (Wildman–Crippen MR) is 73.5 cm³/mol. The molecule has 0 radical (unpaired) electrons. The van der Waals surface area contributed by atoms with E-state index < -0.39 is 5.97 Å². The minimum atomic E-state index is -0.519. The number of anilines is 1. The van der Waals surface area contributed by atoms with Crippen LogP contribution in [-0.4, -0.2) is 31.6 Å². The van der Waals surface area contributed by atoms with Gasteiger partial charge in [-0.05, 0) is 25.0 Å². The van der Waals surface area contributed by atoms with Crippen LogP contribution in [0.3, 0.4) is 0 Å². The van der Waals surface area contributed by atoms with Crippen LogP contribution in [0, 0.1) is 0 Å². The van der Waals surface area contributed by atoms with Crippen LogP contribution in [0.2, 0.25) is 0 Å². The highest BCUT2D eigenvalue weighted by atomic mass is 16.5. The van der Waals surface area contributed by atoms with Crippen molar-refractivity contribution >= 4 is 17.6 Å². The summed E-state index contributed by atoms with van der Waals surface area (Å²) >= 11 is 0. The third-order valence-corrected chi connectivity index (χ3v) is 2.91. The molecule has 0 saturated heterocycles. The van der Waals surface area contributed by atoms with Gasteiger partial charge in [0.25, 0.3) is 0 Å². The van der Waals surface area contributed by atoms with Crippen molar-refractivity contribution < 1.29 is 19.1 Å². The van der Waals surface area contributed by atoms with Gasteiger partial charge in [0.1, 0.15) is 12.4 Å². The van der Waals surface area contributed by atoms with Crippen molar-refractivity contribution in [2.45, 2.75) is 25.3 Å². The summed E-state index contributed by atoms with van der Waals surface area (Å²) in [5.74, 6) is -0.122. The Balaban J connectivity index is 1.81. The Kier molecular flexibility index (Phi) is 4.45. The molecule has 0 unspecified atom stereocenters. The van der Waals surface area contributed by atoms with E-state index in [1.54, 1.807) is 12.1 Å². The zero-order valence-corrected chi connectivity index (χ0v) is 11.3. The molecule has 0 spiro atoms. The molecule has 108 valence electrons. The minimum Gasteiger partial charge on any atom is -0.497 e. The molecule has 0 atom stereocenters. The van der Waals surface area contributed by atoms with E-state index in [2.05, 4.69) is 5.32 Å². The second kappa shape index (κ2) is 6.27. The van der Waals surface area contributed by atoms with Gasteiger partial charge in [0, 0.05) is 17.8 Å². The molecule has 6 heteroatoms. The van der Waals surface area contributed by atoms with E-state index in [4.69, 9.17) is 15.2 Å². The first kappa shape index (κ1) is 14.2. The first-order chi connectivity index (χ1) is 9.58. The van der Waals surface area contributed by atoms with Gasteiger partial charge in [-0.15, -0.1) is 0 Å². The molecule has 1 aliphatic carbocycles. The first-order valence-corrected chi connectivity index (χ1v) is 6.49. The number of ether oxygens (including phenoxy) is 2. The maximum Gasteiger partial charge on any atom is 0.338 e. The summed E-state index contributed by atoms with van der Waals surface area (Å²) in [5.41, 5.74) is 6.39. The topological polar surface area (TPSA) is 90.7 Å². The smallest absolute Gasteiger partial charge is 0.338 e. The molecule has 0 aromatic heterocycles. The summed E-state index contributed by atoms with van der Waals surface area (Å²) in [5, 5.41) is 2.82. The molecule has 6 nitrogen and oxygen atoms in total. The molecule has 1 fully saturated rings. The summed E-state index contributed by atoms with van der Waals surface area (Å²) in [6.45, 7) is 0.0501. The van der Waals surface area contributed by atoms with E-state index in [9.17, 15) is 9.59 Å². The molecular formula is C14H18N2O4. The van der Waals surface area contributed by atoms with Crippen molar-refractivity contribution in [3.63, 3.8) is 0 Å². The quantitative estimate of drug-likeness (QED) is 0.600. The molecule has 0 bridgehead atoms. The summed E-state index contributed by atoms with van der Waals surface area (Å²) in [4.78, 5) is 23.2. The molecule has 0 heterocycles. The van der Waals surface area contributed by atoms with Crippen molar-refractivity contribution in [2.75, 3.05) is 19.5 Å². The maximum atomic E-state index is 11.8. The monoisotopic (exact) mass is 278 g/mol. The first-order valence-electron chi connectivity index (χ1n) is 6.49. The standard InChI is InChI=1S/C14H18N2O4/c1-19-12-7-9(6-10(15)8-12)14(18)20-5-4-13(17)16-11-2-3-11/h6-8,11H,2-5,15H2,1H3,(H,16,17). The SMILES string of the molecule is COc1cc(N)cc(C(=O)OCCC(=O)NC2CC2)c1. The molecule has 1 amide bonds. The van der Waals surface area contributed by atoms with E-state index in [1.165, 1.54) is 13.2 Å². The van der Waals surface area contributed by atoms with Gasteiger partial charge in [0.05, 0.1) is 19.1 Å².